The van der Waals surface area contributed by atoms with Crippen molar-refractivity contribution in [3.8, 4) is 0 Å². The second-order valence-corrected chi connectivity index (χ2v) is 6.13. The molecule has 0 unspecified atom stereocenters. The van der Waals surface area contributed by atoms with Gasteiger partial charge in [0.05, 0.1) is 18.0 Å². The molecule has 6 heteroatoms. The molecule has 1 aromatic rings. The Morgan fingerprint density at radius 1 is 1.29 bits per heavy atom. The lowest BCUT2D eigenvalue weighted by molar-refractivity contribution is -0.904. The average molecular weight is 292 g/mol. The summed E-state index contributed by atoms with van der Waals surface area (Å²) in [4.78, 5) is 23.5. The molecule has 0 aliphatic carbocycles. The molecule has 0 bridgehead atoms. The minimum atomic E-state index is -0.452. The second kappa shape index (κ2) is 6.67. The third-order valence-corrected chi connectivity index (χ3v) is 3.85. The Kier molecular flexibility index (Phi) is 4.90. The fourth-order valence-electron chi connectivity index (χ4n) is 3.17. The van der Waals surface area contributed by atoms with Crippen molar-refractivity contribution in [2.45, 2.75) is 20.3 Å². The first-order valence-corrected chi connectivity index (χ1v) is 7.32. The van der Waals surface area contributed by atoms with Gasteiger partial charge in [-0.1, -0.05) is 13.8 Å². The molecule has 1 aliphatic rings. The minimum Gasteiger partial charge on any atom is -0.327 e. The number of nitro groups is 1. The zero-order valence-corrected chi connectivity index (χ0v) is 12.5. The zero-order valence-electron chi connectivity index (χ0n) is 12.5. The van der Waals surface area contributed by atoms with Crippen LogP contribution in [0.25, 0.3) is 0 Å². The molecule has 0 saturated carbocycles. The highest BCUT2D eigenvalue weighted by Crippen LogP contribution is 2.15. The lowest BCUT2D eigenvalue weighted by atomic mass is 9.92. The number of likely N-dealkylation sites (tertiary alicyclic amines) is 1. The summed E-state index contributed by atoms with van der Waals surface area (Å²) < 4.78 is 0. The van der Waals surface area contributed by atoms with Crippen molar-refractivity contribution in [1.29, 1.82) is 0 Å². The van der Waals surface area contributed by atoms with E-state index in [0.717, 1.165) is 13.1 Å². The number of anilines is 1. The monoisotopic (exact) mass is 292 g/mol. The molecular weight excluding hydrogens is 270 g/mol. The predicted octanol–water partition coefficient (Wildman–Crippen LogP) is 1.09. The lowest BCUT2D eigenvalue weighted by Gasteiger charge is -2.31. The number of amides is 1. The van der Waals surface area contributed by atoms with E-state index in [4.69, 9.17) is 0 Å². The number of nitro benzene ring substituents is 1. The summed E-state index contributed by atoms with van der Waals surface area (Å²) in [5.74, 6) is 1.26. The third kappa shape index (κ3) is 4.53. The quantitative estimate of drug-likeness (QED) is 0.644. The Morgan fingerprint density at radius 3 is 2.38 bits per heavy atom. The number of quaternary nitrogens is 1. The minimum absolute atomic E-state index is 0.0253. The van der Waals surface area contributed by atoms with E-state index in [9.17, 15) is 14.9 Å². The Labute approximate surface area is 124 Å². The number of piperidine rings is 1. The van der Waals surface area contributed by atoms with Crippen LogP contribution in [0.4, 0.5) is 11.4 Å². The summed E-state index contributed by atoms with van der Waals surface area (Å²) in [6, 6.07) is 5.92. The Hall–Kier alpha value is -1.95. The van der Waals surface area contributed by atoms with Gasteiger partial charge in [-0.15, -0.1) is 0 Å². The number of carbonyl (C=O) groups excluding carboxylic acids is 1. The standard InChI is InChI=1S/C15H21N3O3/c1-11-7-12(2)9-17(8-11)10-15(19)16-13-3-5-14(6-4-13)18(20)21/h3-6,11-12H,7-10H2,1-2H3,(H,16,19)/p+1/t11-,12-/m0/s1. The first kappa shape index (κ1) is 15.4. The Bertz CT molecular complexity index is 505. The largest absolute Gasteiger partial charge is 0.327 e. The van der Waals surface area contributed by atoms with E-state index in [-0.39, 0.29) is 11.6 Å². The first-order chi connectivity index (χ1) is 9.94. The number of hydrogen-bond acceptors (Lipinski definition) is 3. The van der Waals surface area contributed by atoms with Crippen LogP contribution in [0.2, 0.25) is 0 Å². The normalized spacial score (nSPS) is 25.3. The van der Waals surface area contributed by atoms with Gasteiger partial charge in [0.25, 0.3) is 11.6 Å². The number of rotatable bonds is 4. The molecule has 2 N–H and O–H groups in total. The van der Waals surface area contributed by atoms with E-state index >= 15 is 0 Å². The van der Waals surface area contributed by atoms with Crippen LogP contribution >= 0.6 is 0 Å². The van der Waals surface area contributed by atoms with Crippen LogP contribution in [0.5, 0.6) is 0 Å². The molecule has 114 valence electrons. The highest BCUT2D eigenvalue weighted by molar-refractivity contribution is 5.91. The van der Waals surface area contributed by atoms with E-state index in [1.165, 1.54) is 23.5 Å². The second-order valence-electron chi connectivity index (χ2n) is 6.13. The molecule has 1 amide bonds. The maximum atomic E-state index is 12.0. The maximum absolute atomic E-state index is 12.0. The van der Waals surface area contributed by atoms with Crippen LogP contribution in [-0.4, -0.2) is 30.5 Å². The number of benzene rings is 1. The molecule has 1 heterocycles. The molecule has 1 saturated heterocycles. The molecule has 2 rings (SSSR count). The van der Waals surface area contributed by atoms with Crippen LogP contribution in [0, 0.1) is 22.0 Å². The fourth-order valence-corrected chi connectivity index (χ4v) is 3.17. The van der Waals surface area contributed by atoms with Crippen molar-refractivity contribution in [3.05, 3.63) is 34.4 Å². The molecular formula is C15H22N3O3+. The van der Waals surface area contributed by atoms with Gasteiger partial charge in [0.1, 0.15) is 0 Å². The summed E-state index contributed by atoms with van der Waals surface area (Å²) in [5.41, 5.74) is 0.625. The van der Waals surface area contributed by atoms with E-state index in [1.807, 2.05) is 0 Å². The van der Waals surface area contributed by atoms with Gasteiger partial charge in [0.2, 0.25) is 0 Å². The van der Waals surface area contributed by atoms with Crippen LogP contribution in [0.15, 0.2) is 24.3 Å². The number of carbonyl (C=O) groups is 1. The number of nitrogens with zero attached hydrogens (tertiary/aromatic N) is 1. The Morgan fingerprint density at radius 2 is 1.86 bits per heavy atom. The van der Waals surface area contributed by atoms with Crippen LogP contribution < -0.4 is 10.2 Å². The summed E-state index contributed by atoms with van der Waals surface area (Å²) in [5, 5.41) is 13.4. The topological polar surface area (TPSA) is 76.7 Å². The van der Waals surface area contributed by atoms with Crippen molar-refractivity contribution >= 4 is 17.3 Å². The van der Waals surface area contributed by atoms with E-state index in [2.05, 4.69) is 19.2 Å². The third-order valence-electron chi connectivity index (χ3n) is 3.85. The summed E-state index contributed by atoms with van der Waals surface area (Å²) in [6.45, 7) is 6.95. The van der Waals surface area contributed by atoms with Gasteiger partial charge in [0, 0.05) is 29.7 Å². The molecule has 1 aromatic carbocycles. The molecule has 21 heavy (non-hydrogen) atoms. The average Bonchev–Trinajstić information content (AvgIpc) is 2.37. The number of nitrogens with one attached hydrogen (secondary N) is 2. The molecule has 1 aliphatic heterocycles. The van der Waals surface area contributed by atoms with Gasteiger partial charge >= 0.3 is 0 Å². The smallest absolute Gasteiger partial charge is 0.279 e. The van der Waals surface area contributed by atoms with Crippen molar-refractivity contribution in [1.82, 2.24) is 0 Å². The van der Waals surface area contributed by atoms with Crippen LogP contribution in [0.1, 0.15) is 20.3 Å². The predicted molar refractivity (Wildman–Crippen MR) is 80.2 cm³/mol. The molecule has 2 atom stereocenters. The summed E-state index contributed by atoms with van der Waals surface area (Å²) in [7, 11) is 0. The van der Waals surface area contributed by atoms with Crippen LogP contribution in [-0.2, 0) is 4.79 Å². The summed E-state index contributed by atoms with van der Waals surface area (Å²) >= 11 is 0. The molecule has 1 fully saturated rings. The molecule has 0 aromatic heterocycles. The van der Waals surface area contributed by atoms with Crippen LogP contribution in [0.3, 0.4) is 0 Å². The first-order valence-electron chi connectivity index (χ1n) is 7.32. The van der Waals surface area contributed by atoms with Crippen molar-refractivity contribution in [3.63, 3.8) is 0 Å². The van der Waals surface area contributed by atoms with Crippen molar-refractivity contribution < 1.29 is 14.6 Å². The van der Waals surface area contributed by atoms with Gasteiger partial charge in [-0.25, -0.2) is 0 Å². The maximum Gasteiger partial charge on any atom is 0.279 e. The van der Waals surface area contributed by atoms with E-state index in [0.29, 0.717) is 24.1 Å². The number of non-ortho nitro benzene ring substituents is 1. The van der Waals surface area contributed by atoms with Crippen molar-refractivity contribution in [2.75, 3.05) is 25.0 Å². The Balaban J connectivity index is 1.88. The van der Waals surface area contributed by atoms with Gasteiger partial charge in [-0.2, -0.15) is 0 Å². The summed E-state index contributed by atoms with van der Waals surface area (Å²) in [6.07, 6.45) is 1.23. The van der Waals surface area contributed by atoms with E-state index in [1.54, 1.807) is 12.1 Å². The molecule has 0 radical (unpaired) electrons. The van der Waals surface area contributed by atoms with E-state index < -0.39 is 4.92 Å². The SMILES string of the molecule is C[C@H]1C[C@H](C)C[NH+](CC(=O)Nc2ccc([N+](=O)[O-])cc2)C1. The van der Waals surface area contributed by atoms with Crippen molar-refractivity contribution in [2.24, 2.45) is 11.8 Å². The lowest BCUT2D eigenvalue weighted by Crippen LogP contribution is -3.15. The highest BCUT2D eigenvalue weighted by Gasteiger charge is 2.26. The fraction of sp³-hybridized carbons (Fsp3) is 0.533. The highest BCUT2D eigenvalue weighted by atomic mass is 16.6. The number of hydrogen-bond donors (Lipinski definition) is 2. The molecule has 6 nitrogen and oxygen atoms in total. The van der Waals surface area contributed by atoms with Gasteiger partial charge in [-0.3, -0.25) is 14.9 Å². The van der Waals surface area contributed by atoms with Gasteiger partial charge in [0.15, 0.2) is 6.54 Å². The zero-order chi connectivity index (χ0) is 15.4. The molecule has 0 spiro atoms. The van der Waals surface area contributed by atoms with Gasteiger partial charge < -0.3 is 10.2 Å². The van der Waals surface area contributed by atoms with Gasteiger partial charge in [-0.05, 0) is 18.6 Å².